The van der Waals surface area contributed by atoms with Gasteiger partial charge in [0, 0.05) is 12.7 Å². The highest BCUT2D eigenvalue weighted by Gasteiger charge is 2.04. The standard InChI is InChI=1S/C13H13BrFN3O/c1-2-16-6-9-7-17-8-13(18-9)19-10-3-4-12(15)11(14)5-10/h3-5,7-8,16H,2,6H2,1H3. The summed E-state index contributed by atoms with van der Waals surface area (Å²) in [6, 6.07) is 4.42. The van der Waals surface area contributed by atoms with Crippen LogP contribution in [0.2, 0.25) is 0 Å². The highest BCUT2D eigenvalue weighted by atomic mass is 79.9. The van der Waals surface area contributed by atoms with Crippen molar-refractivity contribution < 1.29 is 9.13 Å². The number of aromatic nitrogens is 2. The van der Waals surface area contributed by atoms with Crippen LogP contribution in [0.1, 0.15) is 12.6 Å². The summed E-state index contributed by atoms with van der Waals surface area (Å²) in [4.78, 5) is 8.36. The summed E-state index contributed by atoms with van der Waals surface area (Å²) in [6.07, 6.45) is 3.20. The van der Waals surface area contributed by atoms with Crippen molar-refractivity contribution in [1.82, 2.24) is 15.3 Å². The van der Waals surface area contributed by atoms with Crippen molar-refractivity contribution >= 4 is 15.9 Å². The molecule has 0 aliphatic heterocycles. The average molecular weight is 326 g/mol. The van der Waals surface area contributed by atoms with Gasteiger partial charge in [-0.1, -0.05) is 6.92 Å². The fourth-order valence-electron chi connectivity index (χ4n) is 1.43. The lowest BCUT2D eigenvalue weighted by Crippen LogP contribution is -2.13. The third-order valence-corrected chi connectivity index (χ3v) is 2.94. The van der Waals surface area contributed by atoms with Crippen LogP contribution in [0.5, 0.6) is 11.6 Å². The maximum atomic E-state index is 13.1. The Hall–Kier alpha value is -1.53. The summed E-state index contributed by atoms with van der Waals surface area (Å²) in [5, 5.41) is 3.16. The summed E-state index contributed by atoms with van der Waals surface area (Å²) in [7, 11) is 0. The molecule has 0 atom stereocenters. The number of nitrogens with one attached hydrogen (secondary N) is 1. The third kappa shape index (κ3) is 3.97. The Balaban J connectivity index is 2.11. The average Bonchev–Trinajstić information content (AvgIpc) is 2.41. The van der Waals surface area contributed by atoms with E-state index in [0.29, 0.717) is 22.6 Å². The van der Waals surface area contributed by atoms with Gasteiger partial charge in [-0.25, -0.2) is 9.37 Å². The predicted molar refractivity (Wildman–Crippen MR) is 73.6 cm³/mol. The van der Waals surface area contributed by atoms with Crippen LogP contribution in [-0.4, -0.2) is 16.5 Å². The molecule has 0 aliphatic rings. The Labute approximate surface area is 119 Å². The van der Waals surface area contributed by atoms with E-state index in [1.807, 2.05) is 6.92 Å². The van der Waals surface area contributed by atoms with E-state index in [1.54, 1.807) is 18.3 Å². The van der Waals surface area contributed by atoms with Crippen LogP contribution in [0.4, 0.5) is 4.39 Å². The molecule has 100 valence electrons. The van der Waals surface area contributed by atoms with Crippen LogP contribution in [0.15, 0.2) is 35.1 Å². The Morgan fingerprint density at radius 1 is 1.37 bits per heavy atom. The summed E-state index contributed by atoms with van der Waals surface area (Å²) >= 11 is 3.11. The van der Waals surface area contributed by atoms with E-state index in [4.69, 9.17) is 4.74 Å². The highest BCUT2D eigenvalue weighted by molar-refractivity contribution is 9.10. The molecule has 4 nitrogen and oxygen atoms in total. The minimum atomic E-state index is -0.334. The summed E-state index contributed by atoms with van der Waals surface area (Å²) in [5.41, 5.74) is 0.792. The molecule has 2 rings (SSSR count). The minimum absolute atomic E-state index is 0.334. The fraction of sp³-hybridized carbons (Fsp3) is 0.231. The van der Waals surface area contributed by atoms with Crippen LogP contribution >= 0.6 is 15.9 Å². The molecule has 1 aromatic carbocycles. The first-order valence-corrected chi connectivity index (χ1v) is 6.63. The van der Waals surface area contributed by atoms with Gasteiger partial charge in [0.25, 0.3) is 0 Å². The molecule has 6 heteroatoms. The number of benzene rings is 1. The van der Waals surface area contributed by atoms with Gasteiger partial charge < -0.3 is 10.1 Å². The lowest BCUT2D eigenvalue weighted by molar-refractivity contribution is 0.454. The van der Waals surface area contributed by atoms with Gasteiger partial charge in [0.1, 0.15) is 11.6 Å². The number of rotatable bonds is 5. The molecule has 1 aromatic heterocycles. The maximum absolute atomic E-state index is 13.1. The van der Waals surface area contributed by atoms with Crippen LogP contribution in [0.3, 0.4) is 0 Å². The Morgan fingerprint density at radius 2 is 2.21 bits per heavy atom. The summed E-state index contributed by atoms with van der Waals surface area (Å²) in [6.45, 7) is 3.51. The molecule has 0 radical (unpaired) electrons. The third-order valence-electron chi connectivity index (χ3n) is 2.33. The van der Waals surface area contributed by atoms with Gasteiger partial charge in [-0.15, -0.1) is 0 Å². The first-order chi connectivity index (χ1) is 9.19. The van der Waals surface area contributed by atoms with Crippen molar-refractivity contribution in [3.63, 3.8) is 0 Å². The maximum Gasteiger partial charge on any atom is 0.238 e. The van der Waals surface area contributed by atoms with E-state index in [9.17, 15) is 4.39 Å². The molecule has 0 fully saturated rings. The van der Waals surface area contributed by atoms with Crippen LogP contribution in [-0.2, 0) is 6.54 Å². The second-order valence-electron chi connectivity index (χ2n) is 3.81. The lowest BCUT2D eigenvalue weighted by Gasteiger charge is -2.07. The van der Waals surface area contributed by atoms with E-state index < -0.39 is 0 Å². The van der Waals surface area contributed by atoms with E-state index in [0.717, 1.165) is 12.2 Å². The van der Waals surface area contributed by atoms with Crippen molar-refractivity contribution in [2.45, 2.75) is 13.5 Å². The lowest BCUT2D eigenvalue weighted by atomic mass is 10.3. The molecule has 0 amide bonds. The molecule has 0 unspecified atom stereocenters. The largest absolute Gasteiger partial charge is 0.437 e. The monoisotopic (exact) mass is 325 g/mol. The summed E-state index contributed by atoms with van der Waals surface area (Å²) < 4.78 is 19.0. The number of ether oxygens (including phenoxy) is 1. The second-order valence-corrected chi connectivity index (χ2v) is 4.66. The first kappa shape index (κ1) is 13.9. The van der Waals surface area contributed by atoms with Gasteiger partial charge in [-0.3, -0.25) is 4.98 Å². The van der Waals surface area contributed by atoms with Gasteiger partial charge in [0.15, 0.2) is 0 Å². The Kier molecular flexibility index (Phi) is 4.81. The van der Waals surface area contributed by atoms with Crippen LogP contribution < -0.4 is 10.1 Å². The van der Waals surface area contributed by atoms with Gasteiger partial charge >= 0.3 is 0 Å². The zero-order valence-electron chi connectivity index (χ0n) is 10.4. The van der Waals surface area contributed by atoms with Crippen molar-refractivity contribution in [2.24, 2.45) is 0 Å². The minimum Gasteiger partial charge on any atom is -0.437 e. The molecular weight excluding hydrogens is 313 g/mol. The number of hydrogen-bond acceptors (Lipinski definition) is 4. The van der Waals surface area contributed by atoms with Crippen LogP contribution in [0.25, 0.3) is 0 Å². The van der Waals surface area contributed by atoms with Crippen molar-refractivity contribution in [3.05, 3.63) is 46.6 Å². The van der Waals surface area contributed by atoms with E-state index in [2.05, 4.69) is 31.2 Å². The number of nitrogens with zero attached hydrogens (tertiary/aromatic N) is 2. The van der Waals surface area contributed by atoms with Gasteiger partial charge in [-0.2, -0.15) is 0 Å². The highest BCUT2D eigenvalue weighted by Crippen LogP contribution is 2.25. The molecule has 1 heterocycles. The van der Waals surface area contributed by atoms with Gasteiger partial charge in [0.2, 0.25) is 5.88 Å². The Morgan fingerprint density at radius 3 is 2.95 bits per heavy atom. The molecule has 19 heavy (non-hydrogen) atoms. The second kappa shape index (κ2) is 6.58. The van der Waals surface area contributed by atoms with Crippen LogP contribution in [0, 0.1) is 5.82 Å². The molecule has 1 N–H and O–H groups in total. The molecule has 0 saturated heterocycles. The van der Waals surface area contributed by atoms with Crippen molar-refractivity contribution in [1.29, 1.82) is 0 Å². The van der Waals surface area contributed by atoms with Gasteiger partial charge in [0.05, 0.1) is 16.4 Å². The topological polar surface area (TPSA) is 47.0 Å². The van der Waals surface area contributed by atoms with E-state index in [1.165, 1.54) is 12.3 Å². The van der Waals surface area contributed by atoms with E-state index in [-0.39, 0.29) is 5.82 Å². The fourth-order valence-corrected chi connectivity index (χ4v) is 1.79. The van der Waals surface area contributed by atoms with Crippen molar-refractivity contribution in [3.8, 4) is 11.6 Å². The smallest absolute Gasteiger partial charge is 0.238 e. The predicted octanol–water partition coefficient (Wildman–Crippen LogP) is 3.28. The van der Waals surface area contributed by atoms with Gasteiger partial charge in [-0.05, 0) is 40.7 Å². The zero-order valence-corrected chi connectivity index (χ0v) is 11.9. The Bertz CT molecular complexity index is 565. The van der Waals surface area contributed by atoms with Crippen molar-refractivity contribution in [2.75, 3.05) is 6.54 Å². The number of hydrogen-bond donors (Lipinski definition) is 1. The molecule has 0 spiro atoms. The number of halogens is 2. The molecule has 0 aliphatic carbocycles. The molecular formula is C13H13BrFN3O. The molecule has 2 aromatic rings. The summed E-state index contributed by atoms with van der Waals surface area (Å²) in [5.74, 6) is 0.552. The zero-order chi connectivity index (χ0) is 13.7. The van der Waals surface area contributed by atoms with E-state index >= 15 is 0 Å². The quantitative estimate of drug-likeness (QED) is 0.916. The molecule has 0 saturated carbocycles. The normalized spacial score (nSPS) is 10.5. The first-order valence-electron chi connectivity index (χ1n) is 5.83. The molecule has 0 bridgehead atoms. The SMILES string of the molecule is CCNCc1cncc(Oc2ccc(F)c(Br)c2)n1.